The van der Waals surface area contributed by atoms with Gasteiger partial charge in [-0.05, 0) is 55.9 Å². The molecule has 3 rings (SSSR count). The van der Waals surface area contributed by atoms with Crippen molar-refractivity contribution in [1.29, 1.82) is 0 Å². The van der Waals surface area contributed by atoms with Crippen LogP contribution in [0.1, 0.15) is 12.5 Å². The number of carbonyl (C=O) groups excluding carboxylic acids is 1. The van der Waals surface area contributed by atoms with Gasteiger partial charge in [0.2, 0.25) is 5.91 Å². The van der Waals surface area contributed by atoms with Crippen molar-refractivity contribution in [2.24, 2.45) is 0 Å². The van der Waals surface area contributed by atoms with Gasteiger partial charge in [0.15, 0.2) is 0 Å². The van der Waals surface area contributed by atoms with E-state index in [2.05, 4.69) is 10.2 Å². The number of rotatable bonds is 7. The fourth-order valence-electron chi connectivity index (χ4n) is 3.22. The molecule has 2 aromatic carbocycles. The quantitative estimate of drug-likeness (QED) is 0.797. The van der Waals surface area contributed by atoms with Gasteiger partial charge in [0.1, 0.15) is 5.75 Å². The maximum absolute atomic E-state index is 12.6. The number of hydrogen-bond donors (Lipinski definition) is 1. The Hall–Kier alpha value is -2.57. The molecule has 0 aliphatic carbocycles. The summed E-state index contributed by atoms with van der Waals surface area (Å²) in [7, 11) is 3.61. The SMILES string of the molecule is COc1cccc(CN(C)[C@@H](C)C(=O)Nc2ccc(N3CCOCC3)cc2)c1. The molecule has 1 aliphatic rings. The highest BCUT2D eigenvalue weighted by atomic mass is 16.5. The summed E-state index contributed by atoms with van der Waals surface area (Å²) in [5, 5.41) is 3.01. The minimum absolute atomic E-state index is 0.0236. The molecule has 1 amide bonds. The topological polar surface area (TPSA) is 54.0 Å². The minimum atomic E-state index is -0.259. The number of likely N-dealkylation sites (N-methyl/N-ethyl adjacent to an activating group) is 1. The lowest BCUT2D eigenvalue weighted by atomic mass is 10.1. The molecule has 0 radical (unpaired) electrons. The van der Waals surface area contributed by atoms with Crippen LogP contribution in [0.15, 0.2) is 48.5 Å². The first-order valence-electron chi connectivity index (χ1n) is 9.63. The molecule has 6 nitrogen and oxygen atoms in total. The Kier molecular flexibility index (Phi) is 6.90. The molecule has 0 aromatic heterocycles. The van der Waals surface area contributed by atoms with Crippen LogP contribution in [0.25, 0.3) is 0 Å². The lowest BCUT2D eigenvalue weighted by Crippen LogP contribution is -2.39. The molecule has 6 heteroatoms. The van der Waals surface area contributed by atoms with Gasteiger partial charge < -0.3 is 19.7 Å². The molecule has 1 fully saturated rings. The zero-order valence-electron chi connectivity index (χ0n) is 16.9. The third-order valence-electron chi connectivity index (χ3n) is 5.12. The molecule has 0 unspecified atom stereocenters. The fraction of sp³-hybridized carbons (Fsp3) is 0.409. The molecule has 28 heavy (non-hydrogen) atoms. The van der Waals surface area contributed by atoms with Gasteiger partial charge in [-0.15, -0.1) is 0 Å². The molecule has 1 heterocycles. The molecular weight excluding hydrogens is 354 g/mol. The van der Waals surface area contributed by atoms with Crippen LogP contribution in [-0.2, 0) is 16.1 Å². The molecule has 0 spiro atoms. The molecule has 2 aromatic rings. The Morgan fingerprint density at radius 1 is 1.21 bits per heavy atom. The molecule has 0 saturated carbocycles. The summed E-state index contributed by atoms with van der Waals surface area (Å²) in [5.74, 6) is 0.799. The van der Waals surface area contributed by atoms with E-state index in [9.17, 15) is 4.79 Å². The van der Waals surface area contributed by atoms with Gasteiger partial charge in [-0.1, -0.05) is 12.1 Å². The predicted molar refractivity (Wildman–Crippen MR) is 112 cm³/mol. The standard InChI is InChI=1S/C22H29N3O3/c1-17(24(2)16-18-5-4-6-21(15-18)27-3)22(26)23-19-7-9-20(10-8-19)25-11-13-28-14-12-25/h4-10,15,17H,11-14,16H2,1-3H3,(H,23,26)/t17-/m0/s1. The predicted octanol–water partition coefficient (Wildman–Crippen LogP) is 2.99. The van der Waals surface area contributed by atoms with Gasteiger partial charge in [0, 0.05) is 31.0 Å². The van der Waals surface area contributed by atoms with Crippen LogP contribution < -0.4 is 15.0 Å². The van der Waals surface area contributed by atoms with Gasteiger partial charge in [0.05, 0.1) is 26.4 Å². The van der Waals surface area contributed by atoms with Gasteiger partial charge in [-0.3, -0.25) is 9.69 Å². The van der Waals surface area contributed by atoms with Crippen LogP contribution in [0.3, 0.4) is 0 Å². The normalized spacial score (nSPS) is 15.4. The van der Waals surface area contributed by atoms with E-state index in [1.807, 2.05) is 67.4 Å². The molecule has 1 saturated heterocycles. The van der Waals surface area contributed by atoms with Gasteiger partial charge in [-0.25, -0.2) is 0 Å². The van der Waals surface area contributed by atoms with E-state index in [4.69, 9.17) is 9.47 Å². The van der Waals surface area contributed by atoms with Crippen LogP contribution in [-0.4, -0.2) is 57.3 Å². The van der Waals surface area contributed by atoms with Crippen molar-refractivity contribution in [1.82, 2.24) is 4.90 Å². The second-order valence-corrected chi connectivity index (χ2v) is 7.08. The van der Waals surface area contributed by atoms with Crippen LogP contribution in [0.4, 0.5) is 11.4 Å². The van der Waals surface area contributed by atoms with E-state index in [-0.39, 0.29) is 11.9 Å². The maximum Gasteiger partial charge on any atom is 0.241 e. The first kappa shape index (κ1) is 20.2. The van der Waals surface area contributed by atoms with Crippen molar-refractivity contribution < 1.29 is 14.3 Å². The van der Waals surface area contributed by atoms with E-state index >= 15 is 0 Å². The smallest absolute Gasteiger partial charge is 0.241 e. The van der Waals surface area contributed by atoms with Crippen LogP contribution >= 0.6 is 0 Å². The Balaban J connectivity index is 1.55. The summed E-state index contributed by atoms with van der Waals surface area (Å²) in [5.41, 5.74) is 3.07. The highest BCUT2D eigenvalue weighted by Crippen LogP contribution is 2.20. The lowest BCUT2D eigenvalue weighted by Gasteiger charge is -2.29. The zero-order chi connectivity index (χ0) is 19.9. The number of methoxy groups -OCH3 is 1. The number of anilines is 2. The average molecular weight is 383 g/mol. The second kappa shape index (κ2) is 9.57. The monoisotopic (exact) mass is 383 g/mol. The van der Waals surface area contributed by atoms with Crippen molar-refractivity contribution in [3.8, 4) is 5.75 Å². The fourth-order valence-corrected chi connectivity index (χ4v) is 3.22. The van der Waals surface area contributed by atoms with Gasteiger partial charge >= 0.3 is 0 Å². The van der Waals surface area contributed by atoms with E-state index in [0.29, 0.717) is 6.54 Å². The number of morpholine rings is 1. The third-order valence-corrected chi connectivity index (χ3v) is 5.12. The minimum Gasteiger partial charge on any atom is -0.497 e. The van der Waals surface area contributed by atoms with Crippen molar-refractivity contribution in [2.45, 2.75) is 19.5 Å². The summed E-state index contributed by atoms with van der Waals surface area (Å²) in [6, 6.07) is 15.7. The number of hydrogen-bond acceptors (Lipinski definition) is 5. The number of benzene rings is 2. The van der Waals surface area contributed by atoms with Crippen molar-refractivity contribution in [2.75, 3.05) is 50.7 Å². The highest BCUT2D eigenvalue weighted by molar-refractivity contribution is 5.94. The summed E-state index contributed by atoms with van der Waals surface area (Å²) < 4.78 is 10.7. The van der Waals surface area contributed by atoms with E-state index in [0.717, 1.165) is 49.0 Å². The number of nitrogens with one attached hydrogen (secondary N) is 1. The second-order valence-electron chi connectivity index (χ2n) is 7.08. The number of ether oxygens (including phenoxy) is 2. The number of carbonyl (C=O) groups is 1. The largest absolute Gasteiger partial charge is 0.497 e. The number of amides is 1. The Morgan fingerprint density at radius 2 is 1.93 bits per heavy atom. The summed E-state index contributed by atoms with van der Waals surface area (Å²) in [6.07, 6.45) is 0. The Labute approximate surface area is 167 Å². The molecule has 150 valence electrons. The molecule has 1 N–H and O–H groups in total. The molecule has 0 bridgehead atoms. The molecule has 1 aliphatic heterocycles. The van der Waals surface area contributed by atoms with Gasteiger partial charge in [-0.2, -0.15) is 0 Å². The van der Waals surface area contributed by atoms with E-state index in [1.54, 1.807) is 7.11 Å². The van der Waals surface area contributed by atoms with Crippen LogP contribution in [0.5, 0.6) is 5.75 Å². The van der Waals surface area contributed by atoms with E-state index in [1.165, 1.54) is 0 Å². The Morgan fingerprint density at radius 3 is 2.61 bits per heavy atom. The molecule has 1 atom stereocenters. The summed E-state index contributed by atoms with van der Waals surface area (Å²) in [6.45, 7) is 5.90. The number of nitrogens with zero attached hydrogens (tertiary/aromatic N) is 2. The lowest BCUT2D eigenvalue weighted by molar-refractivity contribution is -0.120. The van der Waals surface area contributed by atoms with Crippen molar-refractivity contribution >= 4 is 17.3 Å². The third kappa shape index (κ3) is 5.24. The zero-order valence-corrected chi connectivity index (χ0v) is 16.9. The van der Waals surface area contributed by atoms with Crippen molar-refractivity contribution in [3.63, 3.8) is 0 Å². The summed E-state index contributed by atoms with van der Waals surface area (Å²) >= 11 is 0. The first-order valence-corrected chi connectivity index (χ1v) is 9.63. The summed E-state index contributed by atoms with van der Waals surface area (Å²) in [4.78, 5) is 17.0. The van der Waals surface area contributed by atoms with Crippen LogP contribution in [0.2, 0.25) is 0 Å². The average Bonchev–Trinajstić information content (AvgIpc) is 2.74. The van der Waals surface area contributed by atoms with Gasteiger partial charge in [0.25, 0.3) is 0 Å². The highest BCUT2D eigenvalue weighted by Gasteiger charge is 2.19. The first-order chi connectivity index (χ1) is 13.6. The van der Waals surface area contributed by atoms with Crippen LogP contribution in [0, 0.1) is 0 Å². The Bertz CT molecular complexity index is 773. The van der Waals surface area contributed by atoms with E-state index < -0.39 is 0 Å². The maximum atomic E-state index is 12.6. The van der Waals surface area contributed by atoms with Crippen molar-refractivity contribution in [3.05, 3.63) is 54.1 Å². The molecular formula is C22H29N3O3.